The number of rotatable bonds is 5. The summed E-state index contributed by atoms with van der Waals surface area (Å²) < 4.78 is 13.2. The van der Waals surface area contributed by atoms with Gasteiger partial charge in [-0.25, -0.2) is 4.39 Å². The van der Waals surface area contributed by atoms with Gasteiger partial charge in [0.15, 0.2) is 0 Å². The minimum atomic E-state index is -0.575. The summed E-state index contributed by atoms with van der Waals surface area (Å²) in [4.78, 5) is 36.3. The van der Waals surface area contributed by atoms with E-state index in [1.54, 1.807) is 17.0 Å². The minimum absolute atomic E-state index is 0.0714. The van der Waals surface area contributed by atoms with Crippen molar-refractivity contribution in [3.63, 3.8) is 0 Å². The highest BCUT2D eigenvalue weighted by molar-refractivity contribution is 6.16. The van der Waals surface area contributed by atoms with Crippen molar-refractivity contribution in [2.75, 3.05) is 26.4 Å². The third-order valence-corrected chi connectivity index (χ3v) is 6.90. The molecule has 4 aliphatic rings. The molecule has 2 aromatic carbocycles. The number of carbonyl (C=O) groups excluding carboxylic acids is 2. The number of aliphatic imine (C=N–C) groups is 1. The van der Waals surface area contributed by atoms with Gasteiger partial charge in [-0.15, -0.1) is 0 Å². The van der Waals surface area contributed by atoms with Crippen LogP contribution in [0.2, 0.25) is 0 Å². The van der Waals surface area contributed by atoms with E-state index in [1.165, 1.54) is 12.1 Å². The van der Waals surface area contributed by atoms with E-state index in [1.807, 2.05) is 29.2 Å². The SMILES string of the molecule is O=C(C1CC1)N1CCN(CN2C(=O)C3(CC3)N=C2c2ccc(-c3ccc(F)cc3)cc2)C1. The highest BCUT2D eigenvalue weighted by atomic mass is 19.1. The molecule has 0 aromatic heterocycles. The summed E-state index contributed by atoms with van der Waals surface area (Å²) in [6, 6.07) is 14.3. The summed E-state index contributed by atoms with van der Waals surface area (Å²) >= 11 is 0. The van der Waals surface area contributed by atoms with Crippen LogP contribution in [0.15, 0.2) is 53.5 Å². The highest BCUT2D eigenvalue weighted by Crippen LogP contribution is 2.46. The first-order valence-corrected chi connectivity index (χ1v) is 11.3. The van der Waals surface area contributed by atoms with E-state index in [2.05, 4.69) is 4.90 Å². The van der Waals surface area contributed by atoms with E-state index in [0.29, 0.717) is 19.2 Å². The van der Waals surface area contributed by atoms with Gasteiger partial charge < -0.3 is 4.90 Å². The van der Waals surface area contributed by atoms with Crippen molar-refractivity contribution in [2.24, 2.45) is 10.9 Å². The van der Waals surface area contributed by atoms with E-state index in [4.69, 9.17) is 4.99 Å². The lowest BCUT2D eigenvalue weighted by Gasteiger charge is -2.26. The fraction of sp³-hybridized carbons (Fsp3) is 0.400. The van der Waals surface area contributed by atoms with Gasteiger partial charge in [0.2, 0.25) is 5.91 Å². The molecule has 2 aliphatic heterocycles. The molecule has 7 heteroatoms. The molecule has 0 atom stereocenters. The van der Waals surface area contributed by atoms with Crippen molar-refractivity contribution in [2.45, 2.75) is 31.2 Å². The molecular formula is C25H25FN4O2. The molecule has 6 rings (SSSR count). The fourth-order valence-electron chi connectivity index (χ4n) is 4.64. The van der Waals surface area contributed by atoms with Gasteiger partial charge in [-0.05, 0) is 48.9 Å². The van der Waals surface area contributed by atoms with Crippen LogP contribution in [0.1, 0.15) is 31.2 Å². The van der Waals surface area contributed by atoms with Crippen LogP contribution in [-0.2, 0) is 9.59 Å². The number of halogens is 1. The van der Waals surface area contributed by atoms with Crippen molar-refractivity contribution in [3.8, 4) is 11.1 Å². The average molecular weight is 432 g/mol. The molecule has 1 spiro atoms. The Morgan fingerprint density at radius 1 is 0.969 bits per heavy atom. The third-order valence-electron chi connectivity index (χ3n) is 6.90. The smallest absolute Gasteiger partial charge is 0.257 e. The van der Waals surface area contributed by atoms with Crippen LogP contribution in [0.5, 0.6) is 0 Å². The highest BCUT2D eigenvalue weighted by Gasteiger charge is 2.57. The monoisotopic (exact) mass is 432 g/mol. The van der Waals surface area contributed by atoms with Gasteiger partial charge in [0.05, 0.1) is 13.3 Å². The van der Waals surface area contributed by atoms with Crippen LogP contribution in [-0.4, -0.2) is 64.3 Å². The summed E-state index contributed by atoms with van der Waals surface area (Å²) in [5.41, 5.74) is 2.25. The van der Waals surface area contributed by atoms with Crippen LogP contribution in [0, 0.1) is 11.7 Å². The van der Waals surface area contributed by atoms with Crippen LogP contribution >= 0.6 is 0 Å². The molecular weight excluding hydrogens is 407 g/mol. The van der Waals surface area contributed by atoms with Gasteiger partial charge in [-0.2, -0.15) is 0 Å². The molecule has 3 fully saturated rings. The molecule has 2 aliphatic carbocycles. The molecule has 2 saturated carbocycles. The normalized spacial score (nSPS) is 22.0. The number of hydrogen-bond acceptors (Lipinski definition) is 4. The summed E-state index contributed by atoms with van der Waals surface area (Å²) in [6.45, 7) is 2.52. The molecule has 1 saturated heterocycles. The van der Waals surface area contributed by atoms with E-state index < -0.39 is 5.54 Å². The third kappa shape index (κ3) is 3.41. The topological polar surface area (TPSA) is 56.2 Å². The van der Waals surface area contributed by atoms with Crippen LogP contribution in [0.25, 0.3) is 11.1 Å². The molecule has 2 heterocycles. The second-order valence-corrected chi connectivity index (χ2v) is 9.34. The molecule has 0 bridgehead atoms. The zero-order valence-corrected chi connectivity index (χ0v) is 17.8. The van der Waals surface area contributed by atoms with Crippen molar-refractivity contribution >= 4 is 17.6 Å². The first kappa shape index (κ1) is 19.6. The van der Waals surface area contributed by atoms with Gasteiger partial charge in [-0.1, -0.05) is 36.4 Å². The zero-order valence-electron chi connectivity index (χ0n) is 17.8. The second kappa shape index (κ2) is 7.24. The Bertz CT molecular complexity index is 1100. The predicted octanol–water partition coefficient (Wildman–Crippen LogP) is 3.08. The van der Waals surface area contributed by atoms with Gasteiger partial charge in [-0.3, -0.25) is 24.4 Å². The Hall–Kier alpha value is -3.06. The van der Waals surface area contributed by atoms with Gasteiger partial charge in [0.25, 0.3) is 5.91 Å². The summed E-state index contributed by atoms with van der Waals surface area (Å²) in [5.74, 6) is 1.00. The number of amidine groups is 1. The Morgan fingerprint density at radius 2 is 1.59 bits per heavy atom. The molecule has 2 aromatic rings. The molecule has 0 radical (unpaired) electrons. The number of nitrogens with zero attached hydrogens (tertiary/aromatic N) is 4. The largest absolute Gasteiger partial charge is 0.328 e. The first-order valence-electron chi connectivity index (χ1n) is 11.3. The second-order valence-electron chi connectivity index (χ2n) is 9.34. The maximum atomic E-state index is 13.2. The first-order chi connectivity index (χ1) is 15.5. The van der Waals surface area contributed by atoms with E-state index in [-0.39, 0.29) is 23.5 Å². The standard InChI is InChI=1S/C25H25FN4O2/c26-21-9-7-18(8-10-21)17-1-3-19(4-2-17)22-27-25(11-12-25)24(32)30(22)16-28-13-14-29(15-28)23(31)20-5-6-20/h1-4,7-10,20H,5-6,11-16H2. The maximum Gasteiger partial charge on any atom is 0.257 e. The van der Waals surface area contributed by atoms with Crippen molar-refractivity contribution < 1.29 is 14.0 Å². The Morgan fingerprint density at radius 3 is 2.22 bits per heavy atom. The lowest BCUT2D eigenvalue weighted by atomic mass is 10.0. The lowest BCUT2D eigenvalue weighted by Crippen LogP contribution is -2.44. The van der Waals surface area contributed by atoms with Gasteiger partial charge in [0.1, 0.15) is 17.2 Å². The molecule has 32 heavy (non-hydrogen) atoms. The van der Waals surface area contributed by atoms with E-state index in [0.717, 1.165) is 55.5 Å². The quantitative estimate of drug-likeness (QED) is 0.730. The number of hydrogen-bond donors (Lipinski definition) is 0. The summed E-state index contributed by atoms with van der Waals surface area (Å²) in [6.07, 6.45) is 3.61. The molecule has 6 nitrogen and oxygen atoms in total. The van der Waals surface area contributed by atoms with E-state index in [9.17, 15) is 14.0 Å². The van der Waals surface area contributed by atoms with Gasteiger partial charge >= 0.3 is 0 Å². The minimum Gasteiger partial charge on any atom is -0.328 e. The lowest BCUT2D eigenvalue weighted by molar-refractivity contribution is -0.132. The number of carbonyl (C=O) groups is 2. The molecule has 164 valence electrons. The van der Waals surface area contributed by atoms with Crippen molar-refractivity contribution in [3.05, 3.63) is 59.9 Å². The Labute approximate surface area is 186 Å². The summed E-state index contributed by atoms with van der Waals surface area (Å²) in [5, 5.41) is 0. The average Bonchev–Trinajstić information content (AvgIpc) is 3.73. The fourth-order valence-corrected chi connectivity index (χ4v) is 4.64. The molecule has 2 amide bonds. The molecule has 0 unspecified atom stereocenters. The number of benzene rings is 2. The maximum absolute atomic E-state index is 13.2. The zero-order chi connectivity index (χ0) is 21.9. The molecule has 0 N–H and O–H groups in total. The number of amides is 2. The van der Waals surface area contributed by atoms with Crippen LogP contribution in [0.4, 0.5) is 4.39 Å². The Balaban J connectivity index is 1.21. The van der Waals surface area contributed by atoms with Gasteiger partial charge in [0, 0.05) is 24.6 Å². The van der Waals surface area contributed by atoms with E-state index >= 15 is 0 Å². The predicted molar refractivity (Wildman–Crippen MR) is 118 cm³/mol. The van der Waals surface area contributed by atoms with Crippen molar-refractivity contribution in [1.29, 1.82) is 0 Å². The summed E-state index contributed by atoms with van der Waals surface area (Å²) in [7, 11) is 0. The Kier molecular flexibility index (Phi) is 4.43. The van der Waals surface area contributed by atoms with Crippen LogP contribution in [0.3, 0.4) is 0 Å². The van der Waals surface area contributed by atoms with Crippen LogP contribution < -0.4 is 0 Å². The van der Waals surface area contributed by atoms with Crippen molar-refractivity contribution in [1.82, 2.24) is 14.7 Å².